The van der Waals surface area contributed by atoms with E-state index in [1.54, 1.807) is 6.07 Å². The van der Waals surface area contributed by atoms with Gasteiger partial charge in [0.25, 0.3) is 11.5 Å². The van der Waals surface area contributed by atoms with Crippen molar-refractivity contribution in [1.82, 2.24) is 20.1 Å². The zero-order valence-electron chi connectivity index (χ0n) is 21.4. The Bertz CT molecular complexity index is 957. The van der Waals surface area contributed by atoms with Crippen molar-refractivity contribution in [3.05, 3.63) is 33.7 Å². The minimum atomic E-state index is -0.321. The predicted octanol–water partition coefficient (Wildman–Crippen LogP) is 3.26. The maximum atomic E-state index is 12.9. The largest absolute Gasteiger partial charge is 0.352 e. The fourth-order valence-electron chi connectivity index (χ4n) is 7.90. The molecule has 5 fully saturated rings. The van der Waals surface area contributed by atoms with E-state index in [0.717, 1.165) is 61.8 Å². The third-order valence-electron chi connectivity index (χ3n) is 9.46. The second-order valence-electron chi connectivity index (χ2n) is 11.6. The number of H-pyrrole nitrogens is 1. The number of likely N-dealkylation sites (tertiary alicyclic amines) is 1. The maximum Gasteiger partial charge on any atom is 0.261 e. The SMILES string of the molecule is CCN(CC)C(=O)C1CCCN(Cc2ccc(C(=O)NCC3C4CC5CC(C4)CC3C5)c(=O)[nH]2)C1. The zero-order chi connectivity index (χ0) is 24.5. The average Bonchev–Trinajstić information content (AvgIpc) is 2.84. The Balaban J connectivity index is 1.15. The Hall–Kier alpha value is -2.15. The smallest absolute Gasteiger partial charge is 0.261 e. The summed E-state index contributed by atoms with van der Waals surface area (Å²) in [7, 11) is 0. The molecule has 1 aliphatic heterocycles. The Morgan fingerprint density at radius 1 is 1.06 bits per heavy atom. The van der Waals surface area contributed by atoms with Gasteiger partial charge in [-0.15, -0.1) is 0 Å². The van der Waals surface area contributed by atoms with E-state index in [-0.39, 0.29) is 28.9 Å². The molecule has 1 unspecified atom stereocenters. The molecule has 7 heteroatoms. The van der Waals surface area contributed by atoms with Gasteiger partial charge in [0.05, 0.1) is 5.92 Å². The first-order valence-corrected chi connectivity index (χ1v) is 14.0. The van der Waals surface area contributed by atoms with Gasteiger partial charge >= 0.3 is 0 Å². The third kappa shape index (κ3) is 5.20. The molecule has 4 saturated carbocycles. The van der Waals surface area contributed by atoms with Gasteiger partial charge in [0.15, 0.2) is 0 Å². The summed E-state index contributed by atoms with van der Waals surface area (Å²) >= 11 is 0. The summed E-state index contributed by atoms with van der Waals surface area (Å²) in [6, 6.07) is 3.53. The van der Waals surface area contributed by atoms with Crippen LogP contribution in [0.5, 0.6) is 0 Å². The summed E-state index contributed by atoms with van der Waals surface area (Å²) in [5.74, 6) is 3.94. The van der Waals surface area contributed by atoms with E-state index >= 15 is 0 Å². The van der Waals surface area contributed by atoms with Gasteiger partial charge in [-0.05, 0) is 107 Å². The first-order valence-electron chi connectivity index (χ1n) is 14.0. The van der Waals surface area contributed by atoms with Crippen LogP contribution in [0.2, 0.25) is 0 Å². The van der Waals surface area contributed by atoms with Gasteiger partial charge in [-0.3, -0.25) is 19.3 Å². The number of piperidine rings is 1. The molecule has 1 aromatic heterocycles. The number of hydrogen-bond donors (Lipinski definition) is 2. The molecule has 0 spiro atoms. The van der Waals surface area contributed by atoms with Crippen molar-refractivity contribution in [3.8, 4) is 0 Å². The molecule has 1 atom stereocenters. The van der Waals surface area contributed by atoms with Gasteiger partial charge < -0.3 is 15.2 Å². The zero-order valence-corrected chi connectivity index (χ0v) is 21.4. The molecule has 2 amide bonds. The van der Waals surface area contributed by atoms with Crippen LogP contribution in [0.25, 0.3) is 0 Å². The third-order valence-corrected chi connectivity index (χ3v) is 9.46. The van der Waals surface area contributed by atoms with E-state index in [9.17, 15) is 14.4 Å². The molecule has 2 N–H and O–H groups in total. The summed E-state index contributed by atoms with van der Waals surface area (Å²) in [6.07, 6.45) is 8.67. The Morgan fingerprint density at radius 3 is 2.37 bits per heavy atom. The van der Waals surface area contributed by atoms with Crippen LogP contribution in [0, 0.1) is 35.5 Å². The van der Waals surface area contributed by atoms with Crippen molar-refractivity contribution in [2.24, 2.45) is 35.5 Å². The highest BCUT2D eigenvalue weighted by atomic mass is 16.2. The number of pyridine rings is 1. The molecule has 0 radical (unpaired) electrons. The number of carbonyl (C=O) groups excluding carboxylic acids is 2. The lowest BCUT2D eigenvalue weighted by Gasteiger charge is -2.54. The summed E-state index contributed by atoms with van der Waals surface area (Å²) in [5, 5.41) is 3.10. The molecule has 6 rings (SSSR count). The lowest BCUT2D eigenvalue weighted by molar-refractivity contribution is -0.137. The average molecular weight is 483 g/mol. The normalized spacial score (nSPS) is 31.9. The van der Waals surface area contributed by atoms with Crippen LogP contribution in [0.3, 0.4) is 0 Å². The minimum absolute atomic E-state index is 0.0191. The van der Waals surface area contributed by atoms with E-state index in [1.165, 1.54) is 32.1 Å². The van der Waals surface area contributed by atoms with Crippen molar-refractivity contribution in [1.29, 1.82) is 0 Å². The second kappa shape index (κ2) is 10.5. The monoisotopic (exact) mass is 482 g/mol. The fraction of sp³-hybridized carbons (Fsp3) is 0.750. The second-order valence-corrected chi connectivity index (χ2v) is 11.6. The van der Waals surface area contributed by atoms with Gasteiger partial charge in [-0.1, -0.05) is 0 Å². The summed E-state index contributed by atoms with van der Waals surface area (Å²) in [4.78, 5) is 45.5. The van der Waals surface area contributed by atoms with E-state index in [2.05, 4.69) is 15.2 Å². The van der Waals surface area contributed by atoms with Gasteiger partial charge in [0.2, 0.25) is 5.91 Å². The number of nitrogens with zero attached hydrogens (tertiary/aromatic N) is 2. The van der Waals surface area contributed by atoms with Crippen molar-refractivity contribution >= 4 is 11.8 Å². The van der Waals surface area contributed by atoms with Crippen molar-refractivity contribution in [2.45, 2.75) is 65.3 Å². The molecule has 2 heterocycles. The van der Waals surface area contributed by atoms with Crippen LogP contribution in [0.1, 0.15) is 74.8 Å². The van der Waals surface area contributed by atoms with E-state index in [1.807, 2.05) is 24.8 Å². The minimum Gasteiger partial charge on any atom is -0.352 e. The number of hydrogen-bond acceptors (Lipinski definition) is 4. The summed E-state index contributed by atoms with van der Waals surface area (Å²) in [6.45, 7) is 8.44. The highest BCUT2D eigenvalue weighted by Crippen LogP contribution is 2.56. The molecular weight excluding hydrogens is 440 g/mol. The van der Waals surface area contributed by atoms with Crippen LogP contribution in [0.4, 0.5) is 0 Å². The van der Waals surface area contributed by atoms with Gasteiger partial charge in [0.1, 0.15) is 5.56 Å². The summed E-state index contributed by atoms with van der Waals surface area (Å²) < 4.78 is 0. The highest BCUT2D eigenvalue weighted by Gasteiger charge is 2.48. The van der Waals surface area contributed by atoms with Crippen LogP contribution in [-0.2, 0) is 11.3 Å². The first-order chi connectivity index (χ1) is 16.9. The van der Waals surface area contributed by atoms with Crippen LogP contribution >= 0.6 is 0 Å². The molecule has 4 aliphatic carbocycles. The number of carbonyl (C=O) groups is 2. The standard InChI is InChI=1S/C28H42N4O3/c1-3-32(4-2)28(35)20-6-5-9-31(16-20)17-23-7-8-24(27(34)30-23)26(33)29-15-25-21-11-18-10-19(13-21)14-22(25)12-18/h7-8,18-22,25H,3-6,9-17H2,1-2H3,(H,29,33)(H,30,34). The lowest BCUT2D eigenvalue weighted by Crippen LogP contribution is -2.49. The predicted molar refractivity (Wildman–Crippen MR) is 136 cm³/mol. The Labute approximate surface area is 209 Å². The number of aromatic nitrogens is 1. The molecule has 1 saturated heterocycles. The molecule has 7 nitrogen and oxygen atoms in total. The molecule has 35 heavy (non-hydrogen) atoms. The maximum absolute atomic E-state index is 12.9. The van der Waals surface area contributed by atoms with Crippen LogP contribution in [0.15, 0.2) is 16.9 Å². The van der Waals surface area contributed by atoms with E-state index in [4.69, 9.17) is 0 Å². The topological polar surface area (TPSA) is 85.5 Å². The molecule has 0 aromatic carbocycles. The number of rotatable bonds is 8. The van der Waals surface area contributed by atoms with Gasteiger partial charge in [-0.25, -0.2) is 0 Å². The molecule has 4 bridgehead atoms. The fourth-order valence-corrected chi connectivity index (χ4v) is 7.90. The molecule has 192 valence electrons. The highest BCUT2D eigenvalue weighted by molar-refractivity contribution is 5.93. The van der Waals surface area contributed by atoms with Crippen molar-refractivity contribution < 1.29 is 9.59 Å². The van der Waals surface area contributed by atoms with E-state index < -0.39 is 0 Å². The summed E-state index contributed by atoms with van der Waals surface area (Å²) in [5.41, 5.74) is 0.673. The molecule has 1 aromatic rings. The van der Waals surface area contributed by atoms with Gasteiger partial charge in [-0.2, -0.15) is 0 Å². The first kappa shape index (κ1) is 24.5. The molecular formula is C28H42N4O3. The van der Waals surface area contributed by atoms with E-state index in [0.29, 0.717) is 25.6 Å². The number of nitrogens with one attached hydrogen (secondary N) is 2. The quantitative estimate of drug-likeness (QED) is 0.596. The van der Waals surface area contributed by atoms with Crippen LogP contribution in [-0.4, -0.2) is 59.3 Å². The number of aromatic amines is 1. The number of amides is 2. The van der Waals surface area contributed by atoms with Crippen LogP contribution < -0.4 is 10.9 Å². The molecule has 5 aliphatic rings. The van der Waals surface area contributed by atoms with Crippen molar-refractivity contribution in [2.75, 3.05) is 32.7 Å². The van der Waals surface area contributed by atoms with Gasteiger partial charge in [0, 0.05) is 38.4 Å². The Kier molecular flexibility index (Phi) is 7.33. The van der Waals surface area contributed by atoms with Crippen molar-refractivity contribution in [3.63, 3.8) is 0 Å². The Morgan fingerprint density at radius 2 is 1.74 bits per heavy atom. The lowest BCUT2D eigenvalue weighted by atomic mass is 9.52.